The molecule has 1 aliphatic heterocycles. The molecule has 11 heteroatoms. The summed E-state index contributed by atoms with van der Waals surface area (Å²) in [7, 11) is 1.40. The Bertz CT molecular complexity index is 1300. The minimum absolute atomic E-state index is 0.00860. The van der Waals surface area contributed by atoms with Crippen molar-refractivity contribution in [2.75, 3.05) is 47.5 Å². The summed E-state index contributed by atoms with van der Waals surface area (Å²) in [5.74, 6) is -0.937. The Kier molecular flexibility index (Phi) is 33.3. The van der Waals surface area contributed by atoms with E-state index in [1.807, 2.05) is 27.2 Å². The molecule has 0 radical (unpaired) electrons. The molecule has 3 unspecified atom stereocenters. The monoisotopic (exact) mass is 849 g/mol. The first kappa shape index (κ1) is 54.4. The number of unbranched alkanes of at least 4 members (excludes halogenated alkanes) is 10. The minimum atomic E-state index is -4.41. The van der Waals surface area contributed by atoms with Crippen LogP contribution in [0.25, 0.3) is 0 Å². The molecule has 0 aromatic rings. The molecule has 0 bridgehead atoms. The van der Waals surface area contributed by atoms with Crippen LogP contribution in [-0.4, -0.2) is 87.1 Å². The second kappa shape index (κ2) is 36.1. The maximum Gasteiger partial charge on any atom is 0.472 e. The van der Waals surface area contributed by atoms with Gasteiger partial charge in [0.1, 0.15) is 19.8 Å². The van der Waals surface area contributed by atoms with E-state index in [9.17, 15) is 19.0 Å². The predicted octanol–water partition coefficient (Wildman–Crippen LogP) is 12.0. The summed E-state index contributed by atoms with van der Waals surface area (Å²) >= 11 is 0. The topological polar surface area (TPSA) is 121 Å². The van der Waals surface area contributed by atoms with Gasteiger partial charge >= 0.3 is 19.8 Å². The number of carbonyl (C=O) groups excluding carboxylic acids is 2. The fourth-order valence-corrected chi connectivity index (χ4v) is 6.68. The van der Waals surface area contributed by atoms with E-state index in [1.54, 1.807) is 0 Å². The van der Waals surface area contributed by atoms with Crippen molar-refractivity contribution >= 4 is 19.8 Å². The zero-order valence-corrected chi connectivity index (χ0v) is 38.5. The Morgan fingerprint density at radius 3 is 1.73 bits per heavy atom. The molecule has 1 heterocycles. The Morgan fingerprint density at radius 2 is 1.14 bits per heavy atom. The second-order valence-electron chi connectivity index (χ2n) is 16.5. The third-order valence-electron chi connectivity index (χ3n) is 9.63. The van der Waals surface area contributed by atoms with Crippen LogP contribution in [0.2, 0.25) is 0 Å². The Hall–Kier alpha value is -2.59. The lowest BCUT2D eigenvalue weighted by atomic mass is 10.1. The van der Waals surface area contributed by atoms with Gasteiger partial charge in [0.2, 0.25) is 0 Å². The van der Waals surface area contributed by atoms with Gasteiger partial charge in [-0.2, -0.15) is 0 Å². The average molecular weight is 849 g/mol. The van der Waals surface area contributed by atoms with Gasteiger partial charge in [-0.1, -0.05) is 138 Å². The third kappa shape index (κ3) is 36.9. The van der Waals surface area contributed by atoms with E-state index in [2.05, 4.69) is 80.7 Å². The summed E-state index contributed by atoms with van der Waals surface area (Å²) in [6, 6.07) is 0. The summed E-state index contributed by atoms with van der Waals surface area (Å²) in [6.45, 7) is 4.24. The molecule has 0 aromatic carbocycles. The number of allylic oxidation sites excluding steroid dienone is 11. The van der Waals surface area contributed by atoms with E-state index in [1.165, 1.54) is 64.2 Å². The molecule has 10 nitrogen and oxygen atoms in total. The first-order valence-electron chi connectivity index (χ1n) is 22.8. The van der Waals surface area contributed by atoms with E-state index < -0.39 is 32.5 Å². The number of likely N-dealkylation sites (N-methyl/N-ethyl adjacent to an activating group) is 1. The average Bonchev–Trinajstić information content (AvgIpc) is 3.94. The van der Waals surface area contributed by atoms with Crippen LogP contribution in [0.4, 0.5) is 0 Å². The van der Waals surface area contributed by atoms with Gasteiger partial charge in [0.05, 0.1) is 40.0 Å². The fourth-order valence-electron chi connectivity index (χ4n) is 5.94. The maximum atomic E-state index is 12.7. The van der Waals surface area contributed by atoms with E-state index in [0.717, 1.165) is 44.9 Å². The first-order valence-corrected chi connectivity index (χ1v) is 24.3. The van der Waals surface area contributed by atoms with Crippen LogP contribution in [0, 0.1) is 0 Å². The maximum absolute atomic E-state index is 12.7. The number of ether oxygens (including phenoxy) is 3. The van der Waals surface area contributed by atoms with Crippen LogP contribution in [0.3, 0.4) is 0 Å². The van der Waals surface area contributed by atoms with Gasteiger partial charge in [0.15, 0.2) is 6.10 Å². The summed E-state index contributed by atoms with van der Waals surface area (Å²) in [5.41, 5.74) is 0. The van der Waals surface area contributed by atoms with Crippen molar-refractivity contribution in [1.82, 2.24) is 0 Å². The molecule has 1 rings (SSSR count). The molecule has 0 saturated carbocycles. The van der Waals surface area contributed by atoms with Gasteiger partial charge in [-0.25, -0.2) is 4.57 Å². The van der Waals surface area contributed by atoms with Crippen molar-refractivity contribution in [2.45, 2.75) is 173 Å². The van der Waals surface area contributed by atoms with Crippen LogP contribution in [0.5, 0.6) is 0 Å². The molecule has 0 spiro atoms. The zero-order valence-electron chi connectivity index (χ0n) is 37.7. The highest BCUT2D eigenvalue weighted by molar-refractivity contribution is 7.47. The van der Waals surface area contributed by atoms with Crippen LogP contribution < -0.4 is 0 Å². The molecule has 4 atom stereocenters. The lowest BCUT2D eigenvalue weighted by molar-refractivity contribution is -0.870. The predicted molar refractivity (Wildman–Crippen MR) is 242 cm³/mol. The molecular formula is C48H83NO9P+. The summed E-state index contributed by atoms with van der Waals surface area (Å²) in [4.78, 5) is 35.4. The quantitative estimate of drug-likeness (QED) is 0.0161. The number of esters is 2. The molecule has 338 valence electrons. The van der Waals surface area contributed by atoms with Crippen molar-refractivity contribution in [2.24, 2.45) is 0 Å². The number of rotatable bonds is 39. The number of carbonyl (C=O) groups is 2. The minimum Gasteiger partial charge on any atom is -0.462 e. The van der Waals surface area contributed by atoms with Gasteiger partial charge in [0, 0.05) is 12.8 Å². The number of hydrogen-bond donors (Lipinski definition) is 1. The largest absolute Gasteiger partial charge is 0.472 e. The number of phosphoric ester groups is 1. The summed E-state index contributed by atoms with van der Waals surface area (Å²) in [5, 5.41) is 0. The lowest BCUT2D eigenvalue weighted by Crippen LogP contribution is -2.37. The van der Waals surface area contributed by atoms with E-state index in [-0.39, 0.29) is 26.1 Å². The molecule has 1 fully saturated rings. The standard InChI is InChI=1S/C48H82NO9P/c1-6-8-10-11-12-13-14-15-16-17-18-19-20-25-28-31-35-39-48(51)57-44(43-56-59(52,53)55-41-40-49(3,4)5)42-54-47(50)38-34-30-27-24-22-21-23-26-29-33-37-46-45(58-46)36-32-9-7-2/h15-16,18-19,21,23-25,27-29,33,44-46H,6-14,17,20,22,26,30-32,34-43H2,1-5H3/p+1/b16-15-,19-18-,23-21-,27-24-,28-25-,33-29-/t44-,45?,46?/m1/s1. The molecule has 1 aliphatic rings. The Morgan fingerprint density at radius 1 is 0.627 bits per heavy atom. The smallest absolute Gasteiger partial charge is 0.462 e. The van der Waals surface area contributed by atoms with Gasteiger partial charge in [-0.05, 0) is 77.0 Å². The first-order chi connectivity index (χ1) is 28.5. The van der Waals surface area contributed by atoms with Crippen molar-refractivity contribution in [1.29, 1.82) is 0 Å². The Balaban J connectivity index is 2.35. The fraction of sp³-hybridized carbons (Fsp3) is 0.708. The van der Waals surface area contributed by atoms with Crippen LogP contribution in [0.1, 0.15) is 155 Å². The SMILES string of the molecule is CCCCCCCC/C=C\C/C=C\C/C=C\CCCC(=O)O[C@H](COC(=O)CCC/C=C\C/C=C\C/C=C\CC1OC1CCCCC)COP(=O)(O)OCC[N+](C)(C)C. The van der Waals surface area contributed by atoms with Crippen molar-refractivity contribution in [3.63, 3.8) is 0 Å². The highest BCUT2D eigenvalue weighted by Gasteiger charge is 2.36. The van der Waals surface area contributed by atoms with Gasteiger partial charge in [-0.15, -0.1) is 0 Å². The number of phosphoric acid groups is 1. The third-order valence-corrected chi connectivity index (χ3v) is 10.6. The molecule has 0 amide bonds. The highest BCUT2D eigenvalue weighted by atomic mass is 31.2. The number of nitrogens with zero attached hydrogens (tertiary/aromatic N) is 1. The molecule has 0 aromatic heterocycles. The van der Waals surface area contributed by atoms with Crippen molar-refractivity contribution in [3.05, 3.63) is 72.9 Å². The molecule has 1 N–H and O–H groups in total. The molecule has 59 heavy (non-hydrogen) atoms. The highest BCUT2D eigenvalue weighted by Crippen LogP contribution is 2.43. The van der Waals surface area contributed by atoms with Crippen molar-refractivity contribution < 1.29 is 46.8 Å². The number of hydrogen-bond acceptors (Lipinski definition) is 8. The van der Waals surface area contributed by atoms with Crippen molar-refractivity contribution in [3.8, 4) is 0 Å². The lowest BCUT2D eigenvalue weighted by Gasteiger charge is -2.24. The Labute approximate surface area is 359 Å². The number of epoxide rings is 1. The number of quaternary nitrogens is 1. The van der Waals surface area contributed by atoms with E-state index in [4.69, 9.17) is 23.3 Å². The summed E-state index contributed by atoms with van der Waals surface area (Å²) in [6.07, 6.45) is 47.1. The van der Waals surface area contributed by atoms with E-state index in [0.29, 0.717) is 42.5 Å². The second-order valence-corrected chi connectivity index (χ2v) is 17.9. The van der Waals surface area contributed by atoms with Gasteiger partial charge in [-0.3, -0.25) is 18.6 Å². The summed E-state index contributed by atoms with van der Waals surface area (Å²) < 4.78 is 39.9. The zero-order chi connectivity index (χ0) is 43.3. The van der Waals surface area contributed by atoms with E-state index >= 15 is 0 Å². The normalized spacial score (nSPS) is 17.7. The molecular weight excluding hydrogens is 766 g/mol. The van der Waals surface area contributed by atoms with Gasteiger partial charge < -0.3 is 23.6 Å². The molecule has 0 aliphatic carbocycles. The van der Waals surface area contributed by atoms with Crippen LogP contribution >= 0.6 is 7.82 Å². The van der Waals surface area contributed by atoms with Crippen LogP contribution in [-0.2, 0) is 37.4 Å². The molecule has 1 saturated heterocycles. The van der Waals surface area contributed by atoms with Gasteiger partial charge in [0.25, 0.3) is 0 Å². The van der Waals surface area contributed by atoms with Crippen LogP contribution in [0.15, 0.2) is 72.9 Å².